The van der Waals surface area contributed by atoms with Crippen LogP contribution in [0.5, 0.6) is 5.06 Å². The molecule has 4 rings (SSSR count). The van der Waals surface area contributed by atoms with E-state index in [1.807, 2.05) is 0 Å². The largest absolute Gasteiger partial charge is 0.477 e. The second-order valence-corrected chi connectivity index (χ2v) is 7.75. The highest BCUT2D eigenvalue weighted by Gasteiger charge is 2.39. The molecule has 0 spiro atoms. The Morgan fingerprint density at radius 3 is 2.63 bits per heavy atom. The van der Waals surface area contributed by atoms with Gasteiger partial charge in [-0.05, 0) is 25.0 Å². The van der Waals surface area contributed by atoms with Crippen LogP contribution >= 0.6 is 23.3 Å². The monoisotopic (exact) mass is 411 g/mol. The van der Waals surface area contributed by atoms with Crippen LogP contribution in [0.3, 0.4) is 0 Å². The van der Waals surface area contributed by atoms with Gasteiger partial charge in [0.1, 0.15) is 28.4 Å². The van der Waals surface area contributed by atoms with E-state index in [1.54, 1.807) is 5.06 Å². The maximum atomic E-state index is 14.4. The van der Waals surface area contributed by atoms with Gasteiger partial charge >= 0.3 is 5.97 Å². The molecule has 1 fully saturated rings. The molecular formula is C17H15F2N3O3S2. The number of hydroxylamine groups is 2. The molecule has 0 unspecified atom stereocenters. The van der Waals surface area contributed by atoms with E-state index >= 15 is 0 Å². The second kappa shape index (κ2) is 7.45. The van der Waals surface area contributed by atoms with Crippen LogP contribution in [-0.2, 0) is 4.79 Å². The van der Waals surface area contributed by atoms with Crippen LogP contribution in [0.15, 0.2) is 35.5 Å². The number of halogens is 2. The van der Waals surface area contributed by atoms with Gasteiger partial charge in [0.15, 0.2) is 0 Å². The van der Waals surface area contributed by atoms with E-state index in [9.17, 15) is 18.7 Å². The lowest BCUT2D eigenvalue weighted by Crippen LogP contribution is -2.29. The average Bonchev–Trinajstić information content (AvgIpc) is 3.35. The molecule has 0 bridgehead atoms. The molecule has 2 aliphatic rings. The van der Waals surface area contributed by atoms with E-state index in [4.69, 9.17) is 4.84 Å². The number of nitrogens with zero attached hydrogens (tertiary/aromatic N) is 3. The predicted octanol–water partition coefficient (Wildman–Crippen LogP) is 3.99. The summed E-state index contributed by atoms with van der Waals surface area (Å²) in [5.74, 6) is -2.66. The molecule has 142 valence electrons. The van der Waals surface area contributed by atoms with Crippen molar-refractivity contribution in [1.82, 2.24) is 9.44 Å². The number of anilines is 1. The van der Waals surface area contributed by atoms with Crippen LogP contribution in [0.1, 0.15) is 23.8 Å². The molecule has 0 radical (unpaired) electrons. The highest BCUT2D eigenvalue weighted by atomic mass is 32.2. The van der Waals surface area contributed by atoms with Crippen LogP contribution < -0.4 is 9.74 Å². The number of carbonyl (C=O) groups is 1. The van der Waals surface area contributed by atoms with Crippen molar-refractivity contribution in [3.05, 3.63) is 52.7 Å². The minimum absolute atomic E-state index is 0.0841. The number of carboxylic acids is 1. The lowest BCUT2D eigenvalue weighted by atomic mass is 10.1. The van der Waals surface area contributed by atoms with E-state index in [-0.39, 0.29) is 11.3 Å². The molecule has 1 aromatic carbocycles. The molecular weight excluding hydrogens is 396 g/mol. The first kappa shape index (κ1) is 18.2. The highest BCUT2D eigenvalue weighted by molar-refractivity contribution is 8.02. The van der Waals surface area contributed by atoms with Crippen molar-refractivity contribution in [3.63, 3.8) is 0 Å². The average molecular weight is 411 g/mol. The molecule has 1 N–H and O–H groups in total. The third kappa shape index (κ3) is 3.40. The lowest BCUT2D eigenvalue weighted by molar-refractivity contribution is -0.132. The quantitative estimate of drug-likeness (QED) is 0.798. The molecule has 2 aliphatic heterocycles. The highest BCUT2D eigenvalue weighted by Crippen LogP contribution is 2.50. The molecule has 1 saturated heterocycles. The maximum Gasteiger partial charge on any atom is 0.353 e. The van der Waals surface area contributed by atoms with Crippen molar-refractivity contribution in [2.45, 2.75) is 18.2 Å². The molecule has 0 aliphatic carbocycles. The van der Waals surface area contributed by atoms with Gasteiger partial charge in [0.05, 0.1) is 11.8 Å². The van der Waals surface area contributed by atoms with Gasteiger partial charge < -0.3 is 14.8 Å². The van der Waals surface area contributed by atoms with Gasteiger partial charge in [-0.25, -0.2) is 13.6 Å². The summed E-state index contributed by atoms with van der Waals surface area (Å²) >= 11 is 2.10. The summed E-state index contributed by atoms with van der Waals surface area (Å²) in [6.07, 6.45) is 3.48. The summed E-state index contributed by atoms with van der Waals surface area (Å²) in [5.41, 5.74) is 0.0886. The number of aliphatic carboxylic acids is 1. The zero-order valence-electron chi connectivity index (χ0n) is 14.0. The van der Waals surface area contributed by atoms with Crippen LogP contribution in [0, 0.1) is 11.6 Å². The van der Waals surface area contributed by atoms with Crippen LogP contribution in [0.4, 0.5) is 14.5 Å². The van der Waals surface area contributed by atoms with Crippen LogP contribution in [0.2, 0.25) is 0 Å². The number of thioether (sulfide) groups is 1. The summed E-state index contributed by atoms with van der Waals surface area (Å²) in [5, 5.41) is 12.2. The van der Waals surface area contributed by atoms with E-state index in [0.29, 0.717) is 10.8 Å². The molecule has 0 saturated carbocycles. The van der Waals surface area contributed by atoms with E-state index < -0.39 is 23.0 Å². The molecule has 2 aromatic rings. The van der Waals surface area contributed by atoms with Crippen molar-refractivity contribution in [3.8, 4) is 5.06 Å². The summed E-state index contributed by atoms with van der Waals surface area (Å²) < 4.78 is 32.8. The van der Waals surface area contributed by atoms with Crippen molar-refractivity contribution in [2.24, 2.45) is 0 Å². The number of aromatic nitrogens is 1. The summed E-state index contributed by atoms with van der Waals surface area (Å²) in [6.45, 7) is 1.53. The van der Waals surface area contributed by atoms with Crippen LogP contribution in [0.25, 0.3) is 0 Å². The van der Waals surface area contributed by atoms with Crippen molar-refractivity contribution < 1.29 is 23.5 Å². The van der Waals surface area contributed by atoms with Crippen molar-refractivity contribution in [1.29, 1.82) is 0 Å². The van der Waals surface area contributed by atoms with E-state index in [1.165, 1.54) is 22.6 Å². The minimum atomic E-state index is -1.19. The van der Waals surface area contributed by atoms with Gasteiger partial charge in [0.25, 0.3) is 0 Å². The van der Waals surface area contributed by atoms with Gasteiger partial charge in [0.2, 0.25) is 5.06 Å². The summed E-state index contributed by atoms with van der Waals surface area (Å²) in [7, 11) is 0. The first-order chi connectivity index (χ1) is 13.1. The number of hydrogen-bond acceptors (Lipinski definition) is 7. The van der Waals surface area contributed by atoms with Gasteiger partial charge in [-0.1, -0.05) is 6.07 Å². The Morgan fingerprint density at radius 1 is 1.26 bits per heavy atom. The Kier molecular flexibility index (Phi) is 5.02. The molecule has 10 heteroatoms. The second-order valence-electron chi connectivity index (χ2n) is 6.03. The number of rotatable bonds is 5. The normalized spacial score (nSPS) is 20.1. The van der Waals surface area contributed by atoms with Gasteiger partial charge in [-0.3, -0.25) is 0 Å². The lowest BCUT2D eigenvalue weighted by Gasteiger charge is -2.28. The Hall–Kier alpha value is -2.17. The molecule has 1 aromatic heterocycles. The fraction of sp³-hybridized carbons (Fsp3) is 0.294. The fourth-order valence-electron chi connectivity index (χ4n) is 3.07. The van der Waals surface area contributed by atoms with Gasteiger partial charge in [-0.15, -0.1) is 16.8 Å². The Morgan fingerprint density at radius 2 is 1.96 bits per heavy atom. The number of carboxylic acid groups (broad SMARTS) is 1. The summed E-state index contributed by atoms with van der Waals surface area (Å²) in [6, 6.07) is 3.59. The summed E-state index contributed by atoms with van der Waals surface area (Å²) in [4.78, 5) is 19.0. The minimum Gasteiger partial charge on any atom is -0.477 e. The maximum absolute atomic E-state index is 14.4. The van der Waals surface area contributed by atoms with Gasteiger partial charge in [0, 0.05) is 30.0 Å². The molecule has 27 heavy (non-hydrogen) atoms. The molecule has 1 atom stereocenters. The zero-order valence-corrected chi connectivity index (χ0v) is 15.6. The molecule has 3 heterocycles. The van der Waals surface area contributed by atoms with Crippen molar-refractivity contribution in [2.75, 3.05) is 18.0 Å². The van der Waals surface area contributed by atoms with Crippen LogP contribution in [-0.4, -0.2) is 33.6 Å². The van der Waals surface area contributed by atoms with Crippen molar-refractivity contribution >= 4 is 35.0 Å². The number of benzene rings is 1. The molecule has 6 nitrogen and oxygen atoms in total. The molecule has 0 amide bonds. The fourth-order valence-corrected chi connectivity index (χ4v) is 4.88. The zero-order chi connectivity index (χ0) is 19.0. The standard InChI is InChI=1S/C17H15F2N3O3S2/c18-10-4-3-5-11(19)14(10)15-22(13(9-26-15)16(23)24)12-8-20-27-17(12)25-21-6-1-2-7-21/h3-5,8-9,15H,1-2,6-7H2,(H,23,24)/t15-/m1/s1. The SMILES string of the molecule is O=C(O)C1=CS[C@H](c2c(F)cccc2F)N1c1cnsc1ON1CCCC1. The van der Waals surface area contributed by atoms with E-state index in [0.717, 1.165) is 61.4 Å². The Bertz CT molecular complexity index is 879. The Balaban J connectivity index is 1.74. The third-order valence-corrected chi connectivity index (χ3v) is 6.05. The van der Waals surface area contributed by atoms with Gasteiger partial charge in [-0.2, -0.15) is 4.37 Å². The van der Waals surface area contributed by atoms with E-state index in [2.05, 4.69) is 4.37 Å². The number of hydrogen-bond donors (Lipinski definition) is 1. The first-order valence-corrected chi connectivity index (χ1v) is 9.97. The smallest absolute Gasteiger partial charge is 0.353 e. The third-order valence-electron chi connectivity index (χ3n) is 4.32. The Labute approximate surface area is 162 Å². The first-order valence-electron chi connectivity index (χ1n) is 8.26. The topological polar surface area (TPSA) is 65.9 Å². The predicted molar refractivity (Wildman–Crippen MR) is 98.4 cm³/mol.